The van der Waals surface area contributed by atoms with Gasteiger partial charge in [-0.1, -0.05) is 6.92 Å². The molecule has 0 aromatic heterocycles. The zero-order chi connectivity index (χ0) is 13.8. The molecule has 2 N–H and O–H groups in total. The van der Waals surface area contributed by atoms with Crippen LogP contribution in [0.1, 0.15) is 19.8 Å². The molecule has 3 unspecified atom stereocenters. The number of rotatable bonds is 5. The lowest BCUT2D eigenvalue weighted by molar-refractivity contribution is -0.142. The summed E-state index contributed by atoms with van der Waals surface area (Å²) >= 11 is 0. The van der Waals surface area contributed by atoms with Crippen LogP contribution in [0.15, 0.2) is 0 Å². The van der Waals surface area contributed by atoms with Gasteiger partial charge in [-0.15, -0.1) is 0 Å². The van der Waals surface area contributed by atoms with Crippen LogP contribution in [0, 0.1) is 11.8 Å². The first-order chi connectivity index (χ1) is 9.06. The van der Waals surface area contributed by atoms with Crippen molar-refractivity contribution in [2.75, 3.05) is 32.8 Å². The molecule has 3 atom stereocenters. The van der Waals surface area contributed by atoms with E-state index < -0.39 is 5.97 Å². The van der Waals surface area contributed by atoms with Gasteiger partial charge in [0, 0.05) is 26.2 Å². The molecule has 0 aromatic rings. The largest absolute Gasteiger partial charge is 0.481 e. The van der Waals surface area contributed by atoms with Crippen molar-refractivity contribution in [3.63, 3.8) is 0 Å². The van der Waals surface area contributed by atoms with Crippen molar-refractivity contribution in [2.45, 2.75) is 25.9 Å². The Kier molecular flexibility index (Phi) is 4.76. The summed E-state index contributed by atoms with van der Waals surface area (Å²) < 4.78 is 5.43. The lowest BCUT2D eigenvalue weighted by atomic mass is 9.99. The van der Waals surface area contributed by atoms with Gasteiger partial charge in [-0.2, -0.15) is 0 Å². The summed E-state index contributed by atoms with van der Waals surface area (Å²) in [6.45, 7) is 4.67. The fourth-order valence-electron chi connectivity index (χ4n) is 2.81. The number of nitrogens with zero attached hydrogens (tertiary/aromatic N) is 1. The molecule has 108 valence electrons. The molecule has 2 fully saturated rings. The number of aliphatic carboxylic acids is 1. The third kappa shape index (κ3) is 3.91. The van der Waals surface area contributed by atoms with Crippen LogP contribution in [0.5, 0.6) is 0 Å². The van der Waals surface area contributed by atoms with E-state index in [9.17, 15) is 9.59 Å². The molecule has 2 rings (SSSR count). The van der Waals surface area contributed by atoms with Crippen LogP contribution in [0.2, 0.25) is 0 Å². The number of hydrogen-bond donors (Lipinski definition) is 2. The molecule has 6 nitrogen and oxygen atoms in total. The number of hydrogen-bond acceptors (Lipinski definition) is 4. The molecular formula is C13H22N2O4. The number of carboxylic acids is 1. The molecule has 2 aliphatic heterocycles. The Morgan fingerprint density at radius 1 is 1.42 bits per heavy atom. The van der Waals surface area contributed by atoms with Crippen LogP contribution in [0.4, 0.5) is 0 Å². The predicted octanol–water partition coefficient (Wildman–Crippen LogP) is -0.0659. The summed E-state index contributed by atoms with van der Waals surface area (Å²) in [7, 11) is 0. The highest BCUT2D eigenvalue weighted by molar-refractivity contribution is 5.78. The molecule has 0 spiro atoms. The minimum atomic E-state index is -0.769. The highest BCUT2D eigenvalue weighted by atomic mass is 16.5. The number of ether oxygens (including phenoxy) is 1. The number of carbonyl (C=O) groups is 2. The summed E-state index contributed by atoms with van der Waals surface area (Å²) in [5.41, 5.74) is 0. The Morgan fingerprint density at radius 3 is 2.79 bits per heavy atom. The smallest absolute Gasteiger partial charge is 0.308 e. The third-order valence-electron chi connectivity index (χ3n) is 3.92. The summed E-state index contributed by atoms with van der Waals surface area (Å²) in [6, 6.07) is 0. The van der Waals surface area contributed by atoms with Crippen molar-refractivity contribution in [3.8, 4) is 0 Å². The van der Waals surface area contributed by atoms with Gasteiger partial charge in [-0.05, 0) is 18.8 Å². The van der Waals surface area contributed by atoms with Gasteiger partial charge >= 0.3 is 5.97 Å². The zero-order valence-electron chi connectivity index (χ0n) is 11.3. The Hall–Kier alpha value is -1.14. The lowest BCUT2D eigenvalue weighted by Gasteiger charge is -2.16. The lowest BCUT2D eigenvalue weighted by Crippen LogP contribution is -2.39. The molecule has 2 saturated heterocycles. The average Bonchev–Trinajstić information content (AvgIpc) is 2.96. The summed E-state index contributed by atoms with van der Waals surface area (Å²) in [5.74, 6) is -1.07. The minimum absolute atomic E-state index is 0.0475. The van der Waals surface area contributed by atoms with Crippen molar-refractivity contribution in [2.24, 2.45) is 11.8 Å². The van der Waals surface area contributed by atoms with Crippen LogP contribution < -0.4 is 5.32 Å². The minimum Gasteiger partial charge on any atom is -0.481 e. The van der Waals surface area contributed by atoms with Gasteiger partial charge in [0.05, 0.1) is 18.6 Å². The van der Waals surface area contributed by atoms with Gasteiger partial charge in [0.15, 0.2) is 0 Å². The maximum absolute atomic E-state index is 11.8. The molecular weight excluding hydrogens is 248 g/mol. The number of amides is 1. The monoisotopic (exact) mass is 270 g/mol. The molecule has 0 radical (unpaired) electrons. The van der Waals surface area contributed by atoms with Gasteiger partial charge in [0.2, 0.25) is 5.91 Å². The predicted molar refractivity (Wildman–Crippen MR) is 68.7 cm³/mol. The van der Waals surface area contributed by atoms with Gasteiger partial charge in [0.1, 0.15) is 0 Å². The third-order valence-corrected chi connectivity index (χ3v) is 3.92. The quantitative estimate of drug-likeness (QED) is 0.731. The Labute approximate surface area is 113 Å². The maximum Gasteiger partial charge on any atom is 0.308 e. The summed E-state index contributed by atoms with van der Waals surface area (Å²) in [6.07, 6.45) is 2.21. The average molecular weight is 270 g/mol. The van der Waals surface area contributed by atoms with E-state index in [0.29, 0.717) is 19.6 Å². The van der Waals surface area contributed by atoms with Crippen molar-refractivity contribution in [1.29, 1.82) is 0 Å². The number of likely N-dealkylation sites (tertiary alicyclic amines) is 1. The van der Waals surface area contributed by atoms with E-state index >= 15 is 0 Å². The van der Waals surface area contributed by atoms with Crippen molar-refractivity contribution < 1.29 is 19.4 Å². The Bertz CT molecular complexity index is 342. The number of carboxylic acid groups (broad SMARTS) is 1. The first kappa shape index (κ1) is 14.3. The molecule has 19 heavy (non-hydrogen) atoms. The van der Waals surface area contributed by atoms with E-state index in [-0.39, 0.29) is 30.4 Å². The van der Waals surface area contributed by atoms with Gasteiger partial charge < -0.3 is 15.2 Å². The van der Waals surface area contributed by atoms with Crippen molar-refractivity contribution >= 4 is 11.9 Å². The Balaban J connectivity index is 1.69. The molecule has 0 aliphatic carbocycles. The molecule has 2 aliphatic rings. The molecule has 0 saturated carbocycles. The fourth-order valence-corrected chi connectivity index (χ4v) is 2.81. The highest BCUT2D eigenvalue weighted by Crippen LogP contribution is 2.22. The van der Waals surface area contributed by atoms with Crippen LogP contribution in [-0.2, 0) is 14.3 Å². The standard InChI is InChI=1S/C13H22N2O4/c1-9-6-15(7-11(9)13(17)18)8-12(16)14-5-10-3-2-4-19-10/h9-11H,2-8H2,1H3,(H,14,16)(H,17,18). The van der Waals surface area contributed by atoms with Crippen LogP contribution in [0.25, 0.3) is 0 Å². The number of carbonyl (C=O) groups excluding carboxylic acids is 1. The van der Waals surface area contributed by atoms with E-state index in [4.69, 9.17) is 9.84 Å². The zero-order valence-corrected chi connectivity index (χ0v) is 11.3. The summed E-state index contributed by atoms with van der Waals surface area (Å²) in [5, 5.41) is 11.9. The van der Waals surface area contributed by atoms with E-state index in [1.807, 2.05) is 11.8 Å². The van der Waals surface area contributed by atoms with Crippen LogP contribution in [-0.4, -0.2) is 60.8 Å². The fraction of sp³-hybridized carbons (Fsp3) is 0.846. The SMILES string of the molecule is CC1CN(CC(=O)NCC2CCCO2)CC1C(=O)O. The molecule has 0 bridgehead atoms. The first-order valence-electron chi connectivity index (χ1n) is 6.89. The van der Waals surface area contributed by atoms with Crippen LogP contribution in [0.3, 0.4) is 0 Å². The van der Waals surface area contributed by atoms with E-state index in [2.05, 4.69) is 5.32 Å². The van der Waals surface area contributed by atoms with E-state index in [0.717, 1.165) is 19.4 Å². The number of nitrogens with one attached hydrogen (secondary N) is 1. The van der Waals surface area contributed by atoms with Gasteiger partial charge in [-0.3, -0.25) is 14.5 Å². The second-order valence-corrected chi connectivity index (χ2v) is 5.56. The molecule has 6 heteroatoms. The molecule has 2 heterocycles. The Morgan fingerprint density at radius 2 is 2.21 bits per heavy atom. The van der Waals surface area contributed by atoms with Crippen LogP contribution >= 0.6 is 0 Å². The van der Waals surface area contributed by atoms with Crippen molar-refractivity contribution in [1.82, 2.24) is 10.2 Å². The first-order valence-corrected chi connectivity index (χ1v) is 6.89. The van der Waals surface area contributed by atoms with Gasteiger partial charge in [0.25, 0.3) is 0 Å². The van der Waals surface area contributed by atoms with Gasteiger partial charge in [-0.25, -0.2) is 0 Å². The molecule has 0 aromatic carbocycles. The van der Waals surface area contributed by atoms with E-state index in [1.165, 1.54) is 0 Å². The topological polar surface area (TPSA) is 78.9 Å². The second-order valence-electron chi connectivity index (χ2n) is 5.56. The van der Waals surface area contributed by atoms with Crippen molar-refractivity contribution in [3.05, 3.63) is 0 Å². The highest BCUT2D eigenvalue weighted by Gasteiger charge is 2.35. The normalized spacial score (nSPS) is 31.5. The summed E-state index contributed by atoms with van der Waals surface area (Å²) in [4.78, 5) is 24.7. The second kappa shape index (κ2) is 6.34. The maximum atomic E-state index is 11.8. The van der Waals surface area contributed by atoms with E-state index in [1.54, 1.807) is 0 Å². The molecule has 1 amide bonds.